The van der Waals surface area contributed by atoms with E-state index in [1.807, 2.05) is 12.1 Å². The number of rotatable bonds is 5. The third kappa shape index (κ3) is 4.51. The molecule has 2 aromatic rings. The van der Waals surface area contributed by atoms with Gasteiger partial charge in [0.2, 0.25) is 0 Å². The van der Waals surface area contributed by atoms with Gasteiger partial charge >= 0.3 is 0 Å². The van der Waals surface area contributed by atoms with Crippen molar-refractivity contribution < 1.29 is 19.1 Å². The van der Waals surface area contributed by atoms with Crippen molar-refractivity contribution in [2.24, 2.45) is 17.8 Å². The average molecular weight is 522 g/mol. The molecule has 2 unspecified atom stereocenters. The first-order chi connectivity index (χ1) is 18.2. The van der Waals surface area contributed by atoms with Crippen LogP contribution in [0.1, 0.15) is 59.9 Å². The highest BCUT2D eigenvalue weighted by atomic mass is 19.1. The Kier molecular flexibility index (Phi) is 6.29. The Morgan fingerprint density at radius 1 is 1.08 bits per heavy atom. The number of nitrogens with one attached hydrogen (secondary N) is 2. The number of carbonyl (C=O) groups excluding carboxylic acids is 2. The topological polar surface area (TPSA) is 97.8 Å². The van der Waals surface area contributed by atoms with Gasteiger partial charge in [-0.05, 0) is 87.1 Å². The number of amides is 2. The molecule has 3 N–H and O–H groups in total. The van der Waals surface area contributed by atoms with Crippen molar-refractivity contribution in [2.45, 2.75) is 56.7 Å². The molecule has 1 aromatic heterocycles. The fraction of sp³-hybridized carbons (Fsp3) is 0.552. The smallest absolute Gasteiger partial charge is 0.270 e. The molecule has 1 saturated heterocycles. The van der Waals surface area contributed by atoms with Crippen LogP contribution in [0.25, 0.3) is 0 Å². The summed E-state index contributed by atoms with van der Waals surface area (Å²) in [5, 5.41) is 16.6. The van der Waals surface area contributed by atoms with E-state index in [1.165, 1.54) is 19.2 Å². The van der Waals surface area contributed by atoms with Crippen molar-refractivity contribution in [3.05, 3.63) is 53.5 Å². The first kappa shape index (κ1) is 25.1. The lowest BCUT2D eigenvalue weighted by molar-refractivity contribution is -0.136. The molecular formula is C29H36FN5O3. The molecule has 8 nitrogen and oxygen atoms in total. The highest BCUT2D eigenvalue weighted by Gasteiger charge is 2.55. The molecule has 38 heavy (non-hydrogen) atoms. The maximum absolute atomic E-state index is 14.5. The van der Waals surface area contributed by atoms with Crippen molar-refractivity contribution in [1.29, 1.82) is 0 Å². The molecule has 1 aliphatic heterocycles. The predicted octanol–water partition coefficient (Wildman–Crippen LogP) is 2.96. The van der Waals surface area contributed by atoms with Gasteiger partial charge < -0.3 is 25.5 Å². The van der Waals surface area contributed by atoms with Crippen LogP contribution in [0, 0.1) is 23.6 Å². The average Bonchev–Trinajstić information content (AvgIpc) is 2.89. The van der Waals surface area contributed by atoms with Crippen molar-refractivity contribution in [1.82, 2.24) is 15.6 Å². The summed E-state index contributed by atoms with van der Waals surface area (Å²) < 4.78 is 14.5. The molecule has 3 atom stereocenters. The first-order valence-electron chi connectivity index (χ1n) is 13.8. The zero-order chi connectivity index (χ0) is 26.6. The van der Waals surface area contributed by atoms with E-state index in [9.17, 15) is 19.1 Å². The molecule has 5 aliphatic rings. The van der Waals surface area contributed by atoms with E-state index in [4.69, 9.17) is 4.98 Å². The molecule has 7 rings (SSSR count). The van der Waals surface area contributed by atoms with Crippen molar-refractivity contribution in [3.8, 4) is 0 Å². The number of benzene rings is 1. The van der Waals surface area contributed by atoms with Crippen LogP contribution in [0.5, 0.6) is 0 Å². The number of hydrogen-bond donors (Lipinski definition) is 3. The van der Waals surface area contributed by atoms with Crippen molar-refractivity contribution >= 4 is 23.3 Å². The van der Waals surface area contributed by atoms with E-state index >= 15 is 0 Å². The molecule has 2 heterocycles. The minimum atomic E-state index is -0.536. The fourth-order valence-corrected chi connectivity index (χ4v) is 7.70. The van der Waals surface area contributed by atoms with Crippen LogP contribution >= 0.6 is 0 Å². The number of halogens is 1. The highest BCUT2D eigenvalue weighted by Crippen LogP contribution is 2.55. The lowest BCUT2D eigenvalue weighted by Crippen LogP contribution is -2.61. The molecule has 202 valence electrons. The number of nitrogens with zero attached hydrogens (tertiary/aromatic N) is 3. The SMILES string of the molecule is CNC(=O)c1ccc(N2CCN(c3cccc(C(=O)NC4C5CC6CC4CC(O)(C6)C5)n3)[C@H](C)C2)cc1F. The Labute approximate surface area is 222 Å². The van der Waals surface area contributed by atoms with Crippen LogP contribution in [-0.2, 0) is 0 Å². The third-order valence-electron chi connectivity index (χ3n) is 9.22. The molecule has 4 aliphatic carbocycles. The van der Waals surface area contributed by atoms with Gasteiger partial charge in [0.05, 0.1) is 11.2 Å². The zero-order valence-corrected chi connectivity index (χ0v) is 22.0. The van der Waals surface area contributed by atoms with Crippen LogP contribution in [0.15, 0.2) is 36.4 Å². The summed E-state index contributed by atoms with van der Waals surface area (Å²) in [7, 11) is 1.48. The number of aliphatic hydroxyl groups is 1. The number of aromatic nitrogens is 1. The van der Waals surface area contributed by atoms with E-state index in [2.05, 4.69) is 27.4 Å². The van der Waals surface area contributed by atoms with Crippen LogP contribution in [0.3, 0.4) is 0 Å². The normalized spacial score (nSPS) is 31.8. The first-order valence-corrected chi connectivity index (χ1v) is 13.8. The van der Waals surface area contributed by atoms with Crippen LogP contribution in [0.2, 0.25) is 0 Å². The second-order valence-corrected chi connectivity index (χ2v) is 11.8. The van der Waals surface area contributed by atoms with Gasteiger partial charge in [-0.25, -0.2) is 9.37 Å². The summed E-state index contributed by atoms with van der Waals surface area (Å²) >= 11 is 0. The summed E-state index contributed by atoms with van der Waals surface area (Å²) in [6.07, 6.45) is 4.69. The lowest BCUT2D eigenvalue weighted by Gasteiger charge is -2.58. The second kappa shape index (κ2) is 9.52. The van der Waals surface area contributed by atoms with E-state index in [0.717, 1.165) is 43.6 Å². The summed E-state index contributed by atoms with van der Waals surface area (Å²) in [5.74, 6) is 0.925. The minimum Gasteiger partial charge on any atom is -0.390 e. The van der Waals surface area contributed by atoms with Gasteiger partial charge in [0, 0.05) is 44.5 Å². The third-order valence-corrected chi connectivity index (χ3v) is 9.22. The standard InChI is InChI=1S/C29H36FN5O3/c1-17-16-34(21-6-7-22(23(30)12-21)27(36)31-2)8-9-35(17)25-5-3-4-24(32-25)28(37)33-26-19-10-18-11-20(26)15-29(38,13-18)14-19/h3-7,12,17-20,26,38H,8-11,13-16H2,1-2H3,(H,31,36)(H,33,37)/t17-,18?,19?,20?,26?,29?/m1/s1. The molecule has 1 aromatic carbocycles. The number of pyridine rings is 1. The molecule has 5 fully saturated rings. The van der Waals surface area contributed by atoms with Gasteiger partial charge in [-0.1, -0.05) is 6.07 Å². The van der Waals surface area contributed by atoms with Crippen molar-refractivity contribution in [2.75, 3.05) is 36.5 Å². The number of hydrogen-bond acceptors (Lipinski definition) is 6. The maximum atomic E-state index is 14.5. The van der Waals surface area contributed by atoms with Crippen LogP contribution < -0.4 is 20.4 Å². The Morgan fingerprint density at radius 2 is 1.84 bits per heavy atom. The quantitative estimate of drug-likeness (QED) is 0.560. The molecule has 9 heteroatoms. The Morgan fingerprint density at radius 3 is 2.50 bits per heavy atom. The van der Waals surface area contributed by atoms with Gasteiger partial charge in [0.15, 0.2) is 0 Å². The van der Waals surface area contributed by atoms with Gasteiger partial charge in [0.25, 0.3) is 11.8 Å². The maximum Gasteiger partial charge on any atom is 0.270 e. The van der Waals surface area contributed by atoms with Crippen molar-refractivity contribution in [3.63, 3.8) is 0 Å². The molecular weight excluding hydrogens is 485 g/mol. The Hall–Kier alpha value is -3.20. The monoisotopic (exact) mass is 521 g/mol. The largest absolute Gasteiger partial charge is 0.390 e. The molecule has 4 bridgehead atoms. The Balaban J connectivity index is 1.11. The van der Waals surface area contributed by atoms with E-state index in [0.29, 0.717) is 43.1 Å². The number of anilines is 2. The summed E-state index contributed by atoms with van der Waals surface area (Å²) in [6, 6.07) is 10.5. The minimum absolute atomic E-state index is 0.0340. The summed E-state index contributed by atoms with van der Waals surface area (Å²) in [6.45, 7) is 4.09. The van der Waals surface area contributed by atoms with E-state index in [1.54, 1.807) is 12.1 Å². The lowest BCUT2D eigenvalue weighted by atomic mass is 9.52. The number of carbonyl (C=O) groups is 2. The zero-order valence-electron chi connectivity index (χ0n) is 22.0. The number of piperazine rings is 1. The van der Waals surface area contributed by atoms with E-state index < -0.39 is 17.3 Å². The van der Waals surface area contributed by atoms with Gasteiger partial charge in [-0.15, -0.1) is 0 Å². The van der Waals surface area contributed by atoms with Gasteiger partial charge in [0.1, 0.15) is 17.3 Å². The molecule has 2 amide bonds. The van der Waals surface area contributed by atoms with E-state index in [-0.39, 0.29) is 23.6 Å². The Bertz CT molecular complexity index is 1240. The van der Waals surface area contributed by atoms with Crippen LogP contribution in [0.4, 0.5) is 15.9 Å². The molecule has 0 spiro atoms. The summed E-state index contributed by atoms with van der Waals surface area (Å²) in [5.41, 5.74) is 0.665. The van der Waals surface area contributed by atoms with Crippen LogP contribution in [-0.4, -0.2) is 66.3 Å². The fourth-order valence-electron chi connectivity index (χ4n) is 7.70. The predicted molar refractivity (Wildman–Crippen MR) is 143 cm³/mol. The molecule has 4 saturated carbocycles. The summed E-state index contributed by atoms with van der Waals surface area (Å²) in [4.78, 5) is 34.1. The molecule has 0 radical (unpaired) electrons. The van der Waals surface area contributed by atoms with Gasteiger partial charge in [-0.2, -0.15) is 0 Å². The van der Waals surface area contributed by atoms with Gasteiger partial charge in [-0.3, -0.25) is 9.59 Å². The highest BCUT2D eigenvalue weighted by molar-refractivity contribution is 5.94. The second-order valence-electron chi connectivity index (χ2n) is 11.8.